The van der Waals surface area contributed by atoms with Crippen LogP contribution in [0.25, 0.3) is 0 Å². The molecule has 1 rings (SSSR count). The molecule has 0 aromatic heterocycles. The first-order valence-corrected chi connectivity index (χ1v) is 3.66. The van der Waals surface area contributed by atoms with Crippen LogP contribution in [-0.2, 0) is 0 Å². The molecular formula is C8H14O2. The van der Waals surface area contributed by atoms with E-state index in [1.807, 2.05) is 0 Å². The Kier molecular flexibility index (Phi) is 2.11. The van der Waals surface area contributed by atoms with E-state index >= 15 is 0 Å². The molecular weight excluding hydrogens is 128 g/mol. The molecule has 0 aromatic carbocycles. The van der Waals surface area contributed by atoms with Crippen LogP contribution in [0.4, 0.5) is 0 Å². The molecule has 2 nitrogen and oxygen atoms in total. The highest BCUT2D eigenvalue weighted by Crippen LogP contribution is 2.29. The van der Waals surface area contributed by atoms with Crippen LogP contribution in [0, 0.1) is 0 Å². The van der Waals surface area contributed by atoms with Gasteiger partial charge in [-0.15, -0.1) is 0 Å². The third kappa shape index (κ3) is 1.58. The summed E-state index contributed by atoms with van der Waals surface area (Å²) in [6, 6.07) is 0. The van der Waals surface area contributed by atoms with Crippen LogP contribution in [0.3, 0.4) is 0 Å². The molecule has 10 heavy (non-hydrogen) atoms. The summed E-state index contributed by atoms with van der Waals surface area (Å²) in [6.07, 6.45) is 3.05. The Morgan fingerprint density at radius 1 is 1.40 bits per heavy atom. The van der Waals surface area contributed by atoms with Crippen molar-refractivity contribution < 1.29 is 10.2 Å². The highest BCUT2D eigenvalue weighted by Gasteiger charge is 2.28. The molecule has 0 bridgehead atoms. The first-order valence-electron chi connectivity index (χ1n) is 3.66. The van der Waals surface area contributed by atoms with Gasteiger partial charge in [0.1, 0.15) is 0 Å². The van der Waals surface area contributed by atoms with Gasteiger partial charge < -0.3 is 10.2 Å². The lowest BCUT2D eigenvalue weighted by Crippen LogP contribution is -2.35. The van der Waals surface area contributed by atoms with Gasteiger partial charge in [0.15, 0.2) is 0 Å². The van der Waals surface area contributed by atoms with Gasteiger partial charge in [-0.1, -0.05) is 12.2 Å². The summed E-state index contributed by atoms with van der Waals surface area (Å²) in [5.41, 5.74) is 0.388. The molecule has 1 saturated carbocycles. The SMILES string of the molecule is C=C1CCC(O)(CO)CC1. The second-order valence-electron chi connectivity index (χ2n) is 3.13. The van der Waals surface area contributed by atoms with Gasteiger partial charge in [0, 0.05) is 0 Å². The topological polar surface area (TPSA) is 40.5 Å². The Morgan fingerprint density at radius 2 is 1.90 bits per heavy atom. The van der Waals surface area contributed by atoms with E-state index in [1.54, 1.807) is 0 Å². The van der Waals surface area contributed by atoms with E-state index in [9.17, 15) is 5.11 Å². The van der Waals surface area contributed by atoms with E-state index in [-0.39, 0.29) is 6.61 Å². The largest absolute Gasteiger partial charge is 0.393 e. The zero-order chi connectivity index (χ0) is 7.61. The molecule has 2 heteroatoms. The van der Waals surface area contributed by atoms with Crippen LogP contribution in [0.5, 0.6) is 0 Å². The summed E-state index contributed by atoms with van der Waals surface area (Å²) in [6.45, 7) is 3.71. The molecule has 0 spiro atoms. The second-order valence-corrected chi connectivity index (χ2v) is 3.13. The van der Waals surface area contributed by atoms with Crippen LogP contribution in [-0.4, -0.2) is 22.4 Å². The first kappa shape index (κ1) is 7.76. The van der Waals surface area contributed by atoms with E-state index in [2.05, 4.69) is 6.58 Å². The smallest absolute Gasteiger partial charge is 0.0883 e. The Balaban J connectivity index is 2.46. The van der Waals surface area contributed by atoms with Crippen molar-refractivity contribution in [3.05, 3.63) is 12.2 Å². The van der Waals surface area contributed by atoms with Crippen molar-refractivity contribution in [3.8, 4) is 0 Å². The van der Waals surface area contributed by atoms with Crippen molar-refractivity contribution in [2.75, 3.05) is 6.61 Å². The van der Waals surface area contributed by atoms with Gasteiger partial charge in [0.2, 0.25) is 0 Å². The van der Waals surface area contributed by atoms with Crippen LogP contribution in [0.1, 0.15) is 25.7 Å². The Morgan fingerprint density at radius 3 is 2.30 bits per heavy atom. The zero-order valence-electron chi connectivity index (χ0n) is 6.14. The minimum absolute atomic E-state index is 0.111. The van der Waals surface area contributed by atoms with Gasteiger partial charge in [-0.2, -0.15) is 0 Å². The fourth-order valence-electron chi connectivity index (χ4n) is 1.23. The van der Waals surface area contributed by atoms with Gasteiger partial charge in [0.25, 0.3) is 0 Å². The molecule has 0 atom stereocenters. The molecule has 0 amide bonds. The van der Waals surface area contributed by atoms with Crippen molar-refractivity contribution in [3.63, 3.8) is 0 Å². The van der Waals surface area contributed by atoms with Gasteiger partial charge in [-0.25, -0.2) is 0 Å². The van der Waals surface area contributed by atoms with Gasteiger partial charge in [-0.3, -0.25) is 0 Å². The summed E-state index contributed by atoms with van der Waals surface area (Å²) >= 11 is 0. The quantitative estimate of drug-likeness (QED) is 0.533. The lowest BCUT2D eigenvalue weighted by molar-refractivity contribution is -0.0345. The van der Waals surface area contributed by atoms with Gasteiger partial charge in [-0.05, 0) is 25.7 Å². The average Bonchev–Trinajstić information content (AvgIpc) is 1.96. The lowest BCUT2D eigenvalue weighted by atomic mass is 9.83. The molecule has 2 N–H and O–H groups in total. The van der Waals surface area contributed by atoms with Crippen LogP contribution in [0.15, 0.2) is 12.2 Å². The third-order valence-corrected chi connectivity index (χ3v) is 2.18. The second kappa shape index (κ2) is 2.72. The fourth-order valence-corrected chi connectivity index (χ4v) is 1.23. The predicted octanol–water partition coefficient (Wildman–Crippen LogP) is 0.840. The first-order chi connectivity index (χ1) is 4.66. The van der Waals surface area contributed by atoms with Crippen molar-refractivity contribution in [1.82, 2.24) is 0 Å². The number of hydrogen-bond acceptors (Lipinski definition) is 2. The van der Waals surface area contributed by atoms with Crippen LogP contribution < -0.4 is 0 Å². The Labute approximate surface area is 61.2 Å². The molecule has 0 radical (unpaired) electrons. The molecule has 1 aliphatic rings. The van der Waals surface area contributed by atoms with E-state index in [4.69, 9.17) is 5.11 Å². The Hall–Kier alpha value is -0.340. The van der Waals surface area contributed by atoms with Crippen molar-refractivity contribution >= 4 is 0 Å². The maximum absolute atomic E-state index is 9.51. The van der Waals surface area contributed by atoms with Crippen molar-refractivity contribution in [2.45, 2.75) is 31.3 Å². The number of allylic oxidation sites excluding steroid dienone is 1. The molecule has 58 valence electrons. The maximum atomic E-state index is 9.51. The summed E-state index contributed by atoms with van der Waals surface area (Å²) in [5.74, 6) is 0. The molecule has 0 aromatic rings. The molecule has 1 aliphatic carbocycles. The molecule has 0 aliphatic heterocycles. The molecule has 0 heterocycles. The minimum atomic E-state index is -0.804. The molecule has 1 fully saturated rings. The number of rotatable bonds is 1. The highest BCUT2D eigenvalue weighted by molar-refractivity contribution is 5.02. The summed E-state index contributed by atoms with van der Waals surface area (Å²) in [5, 5.41) is 18.3. The zero-order valence-corrected chi connectivity index (χ0v) is 6.14. The normalized spacial score (nSPS) is 24.8. The summed E-state index contributed by atoms with van der Waals surface area (Å²) in [7, 11) is 0. The summed E-state index contributed by atoms with van der Waals surface area (Å²) < 4.78 is 0. The minimum Gasteiger partial charge on any atom is -0.393 e. The van der Waals surface area contributed by atoms with E-state index < -0.39 is 5.60 Å². The number of aliphatic hydroxyl groups is 2. The lowest BCUT2D eigenvalue weighted by Gasteiger charge is -2.30. The van der Waals surface area contributed by atoms with E-state index in [0.717, 1.165) is 12.8 Å². The predicted molar refractivity (Wildman–Crippen MR) is 39.6 cm³/mol. The van der Waals surface area contributed by atoms with Crippen molar-refractivity contribution in [2.24, 2.45) is 0 Å². The fraction of sp³-hybridized carbons (Fsp3) is 0.750. The number of hydrogen-bond donors (Lipinski definition) is 2. The number of aliphatic hydroxyl groups excluding tert-OH is 1. The standard InChI is InChI=1S/C8H14O2/c1-7-2-4-8(10,6-9)5-3-7/h9-10H,1-6H2. The highest BCUT2D eigenvalue weighted by atomic mass is 16.3. The summed E-state index contributed by atoms with van der Waals surface area (Å²) in [4.78, 5) is 0. The average molecular weight is 142 g/mol. The van der Waals surface area contributed by atoms with Crippen LogP contribution in [0.2, 0.25) is 0 Å². The van der Waals surface area contributed by atoms with Gasteiger partial charge >= 0.3 is 0 Å². The van der Waals surface area contributed by atoms with Gasteiger partial charge in [0.05, 0.1) is 12.2 Å². The monoisotopic (exact) mass is 142 g/mol. The van der Waals surface area contributed by atoms with E-state index in [0.29, 0.717) is 12.8 Å². The maximum Gasteiger partial charge on any atom is 0.0883 e. The van der Waals surface area contributed by atoms with Crippen molar-refractivity contribution in [1.29, 1.82) is 0 Å². The third-order valence-electron chi connectivity index (χ3n) is 2.18. The molecule has 0 saturated heterocycles. The molecule has 0 unspecified atom stereocenters. The van der Waals surface area contributed by atoms with E-state index in [1.165, 1.54) is 5.57 Å². The van der Waals surface area contributed by atoms with Crippen LogP contribution >= 0.6 is 0 Å². The Bertz CT molecular complexity index is 130.